The minimum absolute atomic E-state index is 0.113. The molecule has 0 heterocycles. The minimum Gasteiger partial charge on any atom is -0.283 e. The highest BCUT2D eigenvalue weighted by Gasteiger charge is 2.11. The Bertz CT molecular complexity index is 562. The highest BCUT2D eigenvalue weighted by atomic mass is 32.2. The third-order valence-corrected chi connectivity index (χ3v) is 6.25. The molecule has 22 heavy (non-hydrogen) atoms. The maximum Gasteiger partial charge on any atom is 0.233 e. The maximum atomic E-state index is 11.4. The lowest BCUT2D eigenvalue weighted by Crippen LogP contribution is -2.35. The smallest absolute Gasteiger partial charge is 0.233 e. The lowest BCUT2D eigenvalue weighted by molar-refractivity contribution is -0.122. The molecule has 0 fully saturated rings. The summed E-state index contributed by atoms with van der Waals surface area (Å²) in [5.41, 5.74) is 0. The summed E-state index contributed by atoms with van der Waals surface area (Å²) in [4.78, 5) is 21.8. The molecule has 0 aromatic rings. The molecule has 0 rings (SSSR count). The molecule has 0 saturated carbocycles. The number of carbonyl (C=O) groups excluding carboxylic acids is 2. The molecule has 0 radical (unpaired) electrons. The Morgan fingerprint density at radius 2 is 1.45 bits per heavy atom. The van der Waals surface area contributed by atoms with Crippen molar-refractivity contribution in [2.24, 2.45) is 5.92 Å². The summed E-state index contributed by atoms with van der Waals surface area (Å²) in [5, 5.41) is -0.113. The van der Waals surface area contributed by atoms with Crippen LogP contribution >= 0.6 is 0 Å². The van der Waals surface area contributed by atoms with Gasteiger partial charge in [0.1, 0.15) is 0 Å². The van der Waals surface area contributed by atoms with Crippen LogP contribution in [0.4, 0.5) is 0 Å². The van der Waals surface area contributed by atoms with E-state index in [1.54, 1.807) is 41.5 Å². The van der Waals surface area contributed by atoms with Crippen molar-refractivity contribution in [3.8, 4) is 0 Å². The normalized spacial score (nSPS) is 16.0. The Morgan fingerprint density at radius 1 is 1.00 bits per heavy atom. The van der Waals surface area contributed by atoms with Crippen molar-refractivity contribution < 1.29 is 18.0 Å². The van der Waals surface area contributed by atoms with E-state index in [1.807, 2.05) is 0 Å². The van der Waals surface area contributed by atoms with E-state index in [0.29, 0.717) is 12.2 Å². The van der Waals surface area contributed by atoms with Crippen molar-refractivity contribution >= 4 is 43.0 Å². The first-order valence-electron chi connectivity index (χ1n) is 7.12. The van der Waals surface area contributed by atoms with Gasteiger partial charge in [0.2, 0.25) is 11.8 Å². The minimum atomic E-state index is -2.41. The van der Waals surface area contributed by atoms with Crippen molar-refractivity contribution in [1.82, 2.24) is 9.44 Å². The SMILES string of the molecule is C=S(=O)(CC)NC(=O)C(C)C.C=S(=O)(NC(=O)CC)C(C)C. The van der Waals surface area contributed by atoms with E-state index in [-0.39, 0.29) is 23.0 Å². The number of hydrogen-bond donors (Lipinski definition) is 2. The van der Waals surface area contributed by atoms with Gasteiger partial charge in [0.05, 0.1) is 0 Å². The predicted octanol–water partition coefficient (Wildman–Crippen LogP) is 0.962. The second kappa shape index (κ2) is 9.89. The average molecular weight is 355 g/mol. The predicted molar refractivity (Wildman–Crippen MR) is 97.6 cm³/mol. The molecule has 0 aliphatic rings. The first-order chi connectivity index (χ1) is 9.79. The highest BCUT2D eigenvalue weighted by Crippen LogP contribution is 1.96. The fourth-order valence-corrected chi connectivity index (χ4v) is 2.27. The van der Waals surface area contributed by atoms with Crippen LogP contribution in [0.15, 0.2) is 0 Å². The number of hydrogen-bond acceptors (Lipinski definition) is 4. The van der Waals surface area contributed by atoms with Gasteiger partial charge in [0.15, 0.2) is 0 Å². The van der Waals surface area contributed by atoms with Crippen LogP contribution in [0.25, 0.3) is 0 Å². The summed E-state index contributed by atoms with van der Waals surface area (Å²) >= 11 is 0. The molecule has 0 bridgehead atoms. The van der Waals surface area contributed by atoms with Gasteiger partial charge in [-0.05, 0) is 25.6 Å². The molecule has 0 aromatic heterocycles. The molecule has 2 N–H and O–H groups in total. The fraction of sp³-hybridized carbons (Fsp3) is 0.714. The van der Waals surface area contributed by atoms with Gasteiger partial charge in [0.25, 0.3) is 0 Å². The van der Waals surface area contributed by atoms with Crippen molar-refractivity contribution in [2.75, 3.05) is 5.75 Å². The molecule has 2 unspecified atom stereocenters. The second-order valence-electron chi connectivity index (χ2n) is 5.38. The molecule has 8 heteroatoms. The fourth-order valence-electron chi connectivity index (χ4n) is 0.756. The summed E-state index contributed by atoms with van der Waals surface area (Å²) in [6, 6.07) is 0. The van der Waals surface area contributed by atoms with Crippen LogP contribution in [-0.4, -0.2) is 43.0 Å². The van der Waals surface area contributed by atoms with E-state index in [4.69, 9.17) is 0 Å². The summed E-state index contributed by atoms with van der Waals surface area (Å²) in [6.07, 6.45) is 0.346. The molecule has 0 aromatic carbocycles. The lowest BCUT2D eigenvalue weighted by Gasteiger charge is -2.13. The van der Waals surface area contributed by atoms with Gasteiger partial charge in [-0.3, -0.25) is 19.0 Å². The van der Waals surface area contributed by atoms with Gasteiger partial charge >= 0.3 is 0 Å². The first kappa shape index (κ1) is 23.2. The summed E-state index contributed by atoms with van der Waals surface area (Å²) in [6.45, 7) is 10.5. The zero-order valence-corrected chi connectivity index (χ0v) is 16.1. The third-order valence-electron chi connectivity index (χ3n) is 2.65. The largest absolute Gasteiger partial charge is 0.283 e. The van der Waals surface area contributed by atoms with Crippen molar-refractivity contribution in [1.29, 1.82) is 0 Å². The van der Waals surface area contributed by atoms with Crippen LogP contribution in [0.1, 0.15) is 48.0 Å². The van der Waals surface area contributed by atoms with Gasteiger partial charge in [-0.15, -0.1) is 0 Å². The van der Waals surface area contributed by atoms with Crippen LogP contribution < -0.4 is 9.44 Å². The van der Waals surface area contributed by atoms with Gasteiger partial charge in [-0.2, -0.15) is 0 Å². The highest BCUT2D eigenvalue weighted by molar-refractivity contribution is 7.99. The molecule has 0 aliphatic carbocycles. The summed E-state index contributed by atoms with van der Waals surface area (Å²) < 4.78 is 27.4. The number of amides is 2. The molecule has 0 saturated heterocycles. The third kappa shape index (κ3) is 10.7. The molecular formula is C14H30N2O4S2. The van der Waals surface area contributed by atoms with Crippen LogP contribution in [0.2, 0.25) is 0 Å². The van der Waals surface area contributed by atoms with Crippen molar-refractivity contribution in [2.45, 2.75) is 53.2 Å². The second-order valence-corrected chi connectivity index (χ2v) is 10.4. The monoisotopic (exact) mass is 354 g/mol. The average Bonchev–Trinajstić information content (AvgIpc) is 2.38. The molecule has 0 aliphatic heterocycles. The Balaban J connectivity index is 0. The Hall–Kier alpha value is -1.02. The van der Waals surface area contributed by atoms with E-state index in [0.717, 1.165) is 0 Å². The topological polar surface area (TPSA) is 92.3 Å². The first-order valence-corrected chi connectivity index (χ1v) is 10.8. The van der Waals surface area contributed by atoms with E-state index in [2.05, 4.69) is 21.2 Å². The quantitative estimate of drug-likeness (QED) is 0.695. The number of rotatable bonds is 6. The van der Waals surface area contributed by atoms with E-state index < -0.39 is 19.4 Å². The van der Waals surface area contributed by atoms with Crippen molar-refractivity contribution in [3.63, 3.8) is 0 Å². The van der Waals surface area contributed by atoms with E-state index >= 15 is 0 Å². The van der Waals surface area contributed by atoms with Crippen LogP contribution in [-0.2, 0) is 29.0 Å². The van der Waals surface area contributed by atoms with Crippen LogP contribution in [0.3, 0.4) is 0 Å². The van der Waals surface area contributed by atoms with Crippen molar-refractivity contribution in [3.05, 3.63) is 0 Å². The molecular weight excluding hydrogens is 324 g/mol. The Morgan fingerprint density at radius 3 is 1.73 bits per heavy atom. The Kier molecular flexibility index (Phi) is 10.4. The molecule has 2 atom stereocenters. The lowest BCUT2D eigenvalue weighted by atomic mass is 10.2. The van der Waals surface area contributed by atoms with Crippen LogP contribution in [0, 0.1) is 5.92 Å². The molecule has 6 nitrogen and oxygen atoms in total. The van der Waals surface area contributed by atoms with Crippen LogP contribution in [0.5, 0.6) is 0 Å². The zero-order chi connectivity index (χ0) is 18.1. The van der Waals surface area contributed by atoms with Gasteiger partial charge in [-0.25, -0.2) is 8.42 Å². The van der Waals surface area contributed by atoms with Gasteiger partial charge < -0.3 is 0 Å². The van der Waals surface area contributed by atoms with E-state index in [1.165, 1.54) is 0 Å². The van der Waals surface area contributed by atoms with Gasteiger partial charge in [-0.1, -0.05) is 27.7 Å². The summed E-state index contributed by atoms with van der Waals surface area (Å²) in [5.74, 6) is 6.69. The standard InChI is InChI=1S/2C7H15NO2S/c1-5-11(4,10)8-7(9)6(2)3;1-5-7(9)8-11(4,10)6(2)3/h2*6H,4-5H2,1-3H3,(H,8,9,10). The Labute approximate surface area is 135 Å². The number of nitrogens with one attached hydrogen (secondary N) is 2. The summed E-state index contributed by atoms with van der Waals surface area (Å²) in [7, 11) is -4.77. The zero-order valence-electron chi connectivity index (χ0n) is 14.4. The molecule has 132 valence electrons. The molecule has 0 spiro atoms. The van der Waals surface area contributed by atoms with E-state index in [9.17, 15) is 18.0 Å². The van der Waals surface area contributed by atoms with Gasteiger partial charge in [0, 0.05) is 42.8 Å². The maximum absolute atomic E-state index is 11.4. The number of carbonyl (C=O) groups is 2. The molecule has 2 amide bonds.